The smallest absolute Gasteiger partial charge is 0.316 e. The molecule has 0 atom stereocenters. The summed E-state index contributed by atoms with van der Waals surface area (Å²) in [5, 5.41) is 0. The van der Waals surface area contributed by atoms with E-state index in [4.69, 9.17) is 4.74 Å². The van der Waals surface area contributed by atoms with Crippen molar-refractivity contribution in [3.05, 3.63) is 54.1 Å². The zero-order valence-corrected chi connectivity index (χ0v) is 13.1. The molecule has 0 saturated heterocycles. The van der Waals surface area contributed by atoms with Crippen LogP contribution in [-0.2, 0) is 4.79 Å². The Morgan fingerprint density at radius 1 is 0.952 bits per heavy atom. The summed E-state index contributed by atoms with van der Waals surface area (Å²) in [6.45, 7) is 7.86. The number of ether oxygens (including phenoxy) is 1. The summed E-state index contributed by atoms with van der Waals surface area (Å²) < 4.78 is 5.44. The second-order valence-corrected chi connectivity index (χ2v) is 6.02. The third-order valence-electron chi connectivity index (χ3n) is 3.89. The molecule has 2 nitrogen and oxygen atoms in total. The minimum absolute atomic E-state index is 0.187. The fraction of sp³-hybridized carbons (Fsp3) is 0.316. The molecule has 0 aliphatic heterocycles. The van der Waals surface area contributed by atoms with Crippen LogP contribution in [0.5, 0.6) is 5.75 Å². The van der Waals surface area contributed by atoms with E-state index in [0.717, 1.165) is 17.5 Å². The molecular weight excluding hydrogens is 260 g/mol. The van der Waals surface area contributed by atoms with Gasteiger partial charge in [-0.15, -0.1) is 0 Å². The third-order valence-corrected chi connectivity index (χ3v) is 3.89. The number of hydrogen-bond acceptors (Lipinski definition) is 2. The van der Waals surface area contributed by atoms with Crippen LogP contribution in [0.4, 0.5) is 0 Å². The van der Waals surface area contributed by atoms with Gasteiger partial charge < -0.3 is 4.74 Å². The molecule has 2 heteroatoms. The van der Waals surface area contributed by atoms with Crippen molar-refractivity contribution in [2.24, 2.45) is 5.41 Å². The lowest BCUT2D eigenvalue weighted by Crippen LogP contribution is -2.28. The van der Waals surface area contributed by atoms with Crippen LogP contribution < -0.4 is 4.74 Å². The zero-order valence-electron chi connectivity index (χ0n) is 13.1. The van der Waals surface area contributed by atoms with Gasteiger partial charge in [0.25, 0.3) is 0 Å². The van der Waals surface area contributed by atoms with Crippen LogP contribution in [0, 0.1) is 12.3 Å². The van der Waals surface area contributed by atoms with Crippen molar-refractivity contribution in [1.29, 1.82) is 0 Å². The van der Waals surface area contributed by atoms with Gasteiger partial charge in [0.2, 0.25) is 0 Å². The lowest BCUT2D eigenvalue weighted by Gasteiger charge is -2.20. The van der Waals surface area contributed by atoms with Crippen LogP contribution in [0.25, 0.3) is 11.1 Å². The number of rotatable bonds is 4. The highest BCUT2D eigenvalue weighted by Gasteiger charge is 2.27. The van der Waals surface area contributed by atoms with E-state index in [1.165, 1.54) is 5.56 Å². The van der Waals surface area contributed by atoms with Crippen molar-refractivity contribution in [3.63, 3.8) is 0 Å². The van der Waals surface area contributed by atoms with E-state index in [9.17, 15) is 4.79 Å². The lowest BCUT2D eigenvalue weighted by atomic mass is 9.91. The summed E-state index contributed by atoms with van der Waals surface area (Å²) in [7, 11) is 0. The second-order valence-electron chi connectivity index (χ2n) is 6.02. The number of carbonyl (C=O) groups excluding carboxylic acids is 1. The molecule has 0 aliphatic rings. The summed E-state index contributed by atoms with van der Waals surface area (Å²) in [6.07, 6.45) is 0.757. The third kappa shape index (κ3) is 3.72. The van der Waals surface area contributed by atoms with Crippen LogP contribution >= 0.6 is 0 Å². The highest BCUT2D eigenvalue weighted by molar-refractivity contribution is 5.78. The van der Waals surface area contributed by atoms with Crippen LogP contribution in [0.15, 0.2) is 48.5 Å². The Morgan fingerprint density at radius 3 is 1.90 bits per heavy atom. The molecular formula is C19H22O2. The number of hydrogen-bond donors (Lipinski definition) is 0. The maximum atomic E-state index is 12.0. The Balaban J connectivity index is 2.12. The van der Waals surface area contributed by atoms with E-state index in [2.05, 4.69) is 31.2 Å². The lowest BCUT2D eigenvalue weighted by molar-refractivity contribution is -0.144. The number of carbonyl (C=O) groups is 1. The first-order chi connectivity index (χ1) is 9.92. The summed E-state index contributed by atoms with van der Waals surface area (Å²) in [4.78, 5) is 12.0. The first-order valence-corrected chi connectivity index (χ1v) is 7.32. The van der Waals surface area contributed by atoms with Crippen molar-refractivity contribution in [2.45, 2.75) is 34.1 Å². The van der Waals surface area contributed by atoms with Gasteiger partial charge in [0.05, 0.1) is 5.41 Å². The Bertz CT molecular complexity index is 607. The first-order valence-electron chi connectivity index (χ1n) is 7.32. The molecule has 0 radical (unpaired) electrons. The summed E-state index contributed by atoms with van der Waals surface area (Å²) in [5.41, 5.74) is 3.07. The van der Waals surface area contributed by atoms with E-state index in [1.807, 2.05) is 45.0 Å². The van der Waals surface area contributed by atoms with Crippen LogP contribution in [0.1, 0.15) is 32.8 Å². The van der Waals surface area contributed by atoms with Crippen LogP contribution in [0.3, 0.4) is 0 Å². The van der Waals surface area contributed by atoms with Gasteiger partial charge in [-0.05, 0) is 50.5 Å². The van der Waals surface area contributed by atoms with E-state index in [-0.39, 0.29) is 5.97 Å². The molecule has 0 aromatic heterocycles. The van der Waals surface area contributed by atoms with E-state index in [1.54, 1.807) is 0 Å². The zero-order chi connectivity index (χ0) is 15.5. The SMILES string of the molecule is CCC(C)(C)C(=O)Oc1ccc(-c2ccc(C)cc2)cc1. The van der Waals surface area contributed by atoms with E-state index < -0.39 is 5.41 Å². The summed E-state index contributed by atoms with van der Waals surface area (Å²) >= 11 is 0. The second kappa shape index (κ2) is 6.13. The van der Waals surface area contributed by atoms with Gasteiger partial charge in [-0.3, -0.25) is 4.79 Å². The quantitative estimate of drug-likeness (QED) is 0.582. The molecule has 0 unspecified atom stereocenters. The van der Waals surface area contributed by atoms with E-state index >= 15 is 0 Å². The normalized spacial score (nSPS) is 11.2. The predicted octanol–water partition coefficient (Wildman–Crippen LogP) is 5.00. The minimum Gasteiger partial charge on any atom is -0.426 e. The Morgan fingerprint density at radius 2 is 1.43 bits per heavy atom. The fourth-order valence-electron chi connectivity index (χ4n) is 1.85. The average molecular weight is 282 g/mol. The maximum absolute atomic E-state index is 12.0. The molecule has 0 heterocycles. The Kier molecular flexibility index (Phi) is 4.46. The molecule has 0 bridgehead atoms. The molecule has 0 saturated carbocycles. The predicted molar refractivity (Wildman–Crippen MR) is 86.3 cm³/mol. The highest BCUT2D eigenvalue weighted by atomic mass is 16.5. The van der Waals surface area contributed by atoms with Crippen molar-refractivity contribution in [2.75, 3.05) is 0 Å². The van der Waals surface area contributed by atoms with Gasteiger partial charge in [-0.2, -0.15) is 0 Å². The maximum Gasteiger partial charge on any atom is 0.316 e. The molecule has 2 aromatic rings. The van der Waals surface area contributed by atoms with E-state index in [0.29, 0.717) is 5.75 Å². The molecule has 0 spiro atoms. The number of aryl methyl sites for hydroxylation is 1. The monoisotopic (exact) mass is 282 g/mol. The summed E-state index contributed by atoms with van der Waals surface area (Å²) in [5.74, 6) is 0.408. The topological polar surface area (TPSA) is 26.3 Å². The number of benzene rings is 2. The molecule has 2 aromatic carbocycles. The molecule has 0 N–H and O–H groups in total. The van der Waals surface area contributed by atoms with Gasteiger partial charge in [-0.25, -0.2) is 0 Å². The van der Waals surface area contributed by atoms with Crippen LogP contribution in [-0.4, -0.2) is 5.97 Å². The molecule has 21 heavy (non-hydrogen) atoms. The fourth-order valence-corrected chi connectivity index (χ4v) is 1.85. The largest absolute Gasteiger partial charge is 0.426 e. The number of esters is 1. The molecule has 0 fully saturated rings. The van der Waals surface area contributed by atoms with Gasteiger partial charge in [-0.1, -0.05) is 48.9 Å². The molecule has 110 valence electrons. The van der Waals surface area contributed by atoms with Crippen molar-refractivity contribution >= 4 is 5.97 Å². The average Bonchev–Trinajstić information content (AvgIpc) is 2.49. The molecule has 2 rings (SSSR count). The minimum atomic E-state index is -0.449. The van der Waals surface area contributed by atoms with Crippen molar-refractivity contribution in [3.8, 4) is 16.9 Å². The van der Waals surface area contributed by atoms with Gasteiger partial charge in [0.1, 0.15) is 5.75 Å². The van der Waals surface area contributed by atoms with Gasteiger partial charge in [0.15, 0.2) is 0 Å². The van der Waals surface area contributed by atoms with Gasteiger partial charge in [0, 0.05) is 0 Å². The van der Waals surface area contributed by atoms with Crippen LogP contribution in [0.2, 0.25) is 0 Å². The molecule has 0 aliphatic carbocycles. The first kappa shape index (κ1) is 15.3. The van der Waals surface area contributed by atoms with Crippen molar-refractivity contribution in [1.82, 2.24) is 0 Å². The Labute approximate surface area is 126 Å². The highest BCUT2D eigenvalue weighted by Crippen LogP contribution is 2.26. The Hall–Kier alpha value is -2.09. The van der Waals surface area contributed by atoms with Gasteiger partial charge >= 0.3 is 5.97 Å². The summed E-state index contributed by atoms with van der Waals surface area (Å²) in [6, 6.07) is 16.0. The molecule has 0 amide bonds. The van der Waals surface area contributed by atoms with Crippen molar-refractivity contribution < 1.29 is 9.53 Å². The standard InChI is InChI=1S/C19H22O2/c1-5-19(3,4)18(20)21-17-12-10-16(11-13-17)15-8-6-14(2)7-9-15/h6-13H,5H2,1-4H3.